The average molecular weight is 283 g/mol. The molecular weight excluding hydrogens is 266 g/mol. The normalized spacial score (nSPS) is 14.1. The molecule has 0 saturated heterocycles. The van der Waals surface area contributed by atoms with Crippen molar-refractivity contribution in [2.24, 2.45) is 12.8 Å². The van der Waals surface area contributed by atoms with Gasteiger partial charge in [0.25, 0.3) is 0 Å². The van der Waals surface area contributed by atoms with Gasteiger partial charge in [0.15, 0.2) is 0 Å². The standard InChI is InChI=1S/C11H17F4N3O/c1-18-9(4-5-17-18)3-2-8(16)6-19-7-11(14,15)10(12)13/h4-5,8,10H,2-3,6-7,16H2,1H3. The number of rotatable bonds is 8. The topological polar surface area (TPSA) is 53.1 Å². The number of halogens is 4. The fourth-order valence-corrected chi connectivity index (χ4v) is 1.47. The van der Waals surface area contributed by atoms with Gasteiger partial charge >= 0.3 is 12.3 Å². The van der Waals surface area contributed by atoms with Crippen molar-refractivity contribution >= 4 is 0 Å². The maximum Gasteiger partial charge on any atom is 0.330 e. The summed E-state index contributed by atoms with van der Waals surface area (Å²) >= 11 is 0. The van der Waals surface area contributed by atoms with Crippen LogP contribution in [0.2, 0.25) is 0 Å². The summed E-state index contributed by atoms with van der Waals surface area (Å²) in [5.74, 6) is -4.12. The fraction of sp³-hybridized carbons (Fsp3) is 0.727. The summed E-state index contributed by atoms with van der Waals surface area (Å²) in [6.45, 7) is -1.50. The molecule has 0 amide bonds. The van der Waals surface area contributed by atoms with Gasteiger partial charge < -0.3 is 10.5 Å². The van der Waals surface area contributed by atoms with Crippen molar-refractivity contribution in [3.05, 3.63) is 18.0 Å². The molecule has 19 heavy (non-hydrogen) atoms. The molecule has 0 saturated carbocycles. The minimum Gasteiger partial charge on any atom is -0.373 e. The van der Waals surface area contributed by atoms with Gasteiger partial charge in [0.1, 0.15) is 6.61 Å². The van der Waals surface area contributed by atoms with E-state index in [1.165, 1.54) is 0 Å². The zero-order chi connectivity index (χ0) is 14.5. The second-order valence-corrected chi connectivity index (χ2v) is 4.32. The van der Waals surface area contributed by atoms with Gasteiger partial charge in [-0.2, -0.15) is 13.9 Å². The third-order valence-electron chi connectivity index (χ3n) is 2.64. The lowest BCUT2D eigenvalue weighted by Gasteiger charge is -2.17. The number of aromatic nitrogens is 2. The Labute approximate surface area is 108 Å². The zero-order valence-electron chi connectivity index (χ0n) is 10.5. The van der Waals surface area contributed by atoms with E-state index in [-0.39, 0.29) is 6.61 Å². The molecule has 1 atom stereocenters. The van der Waals surface area contributed by atoms with Crippen LogP contribution in [0.1, 0.15) is 12.1 Å². The summed E-state index contributed by atoms with van der Waals surface area (Å²) < 4.78 is 55.0. The Balaban J connectivity index is 2.22. The van der Waals surface area contributed by atoms with Crippen molar-refractivity contribution in [3.63, 3.8) is 0 Å². The molecule has 0 bridgehead atoms. The van der Waals surface area contributed by atoms with E-state index in [0.717, 1.165) is 5.69 Å². The maximum absolute atomic E-state index is 12.5. The van der Waals surface area contributed by atoms with Crippen LogP contribution in [0, 0.1) is 0 Å². The zero-order valence-corrected chi connectivity index (χ0v) is 10.5. The summed E-state index contributed by atoms with van der Waals surface area (Å²) in [6.07, 6.45) is -0.967. The van der Waals surface area contributed by atoms with E-state index in [1.54, 1.807) is 17.9 Å². The lowest BCUT2D eigenvalue weighted by Crippen LogP contribution is -2.35. The fourth-order valence-electron chi connectivity index (χ4n) is 1.47. The quantitative estimate of drug-likeness (QED) is 0.737. The molecule has 0 aliphatic heterocycles. The largest absolute Gasteiger partial charge is 0.373 e. The highest BCUT2D eigenvalue weighted by molar-refractivity contribution is 5.00. The number of ether oxygens (including phenoxy) is 1. The molecule has 1 rings (SSSR count). The van der Waals surface area contributed by atoms with E-state index in [9.17, 15) is 17.6 Å². The Morgan fingerprint density at radius 2 is 2.16 bits per heavy atom. The highest BCUT2D eigenvalue weighted by Gasteiger charge is 2.40. The monoisotopic (exact) mass is 283 g/mol. The Morgan fingerprint density at radius 1 is 1.47 bits per heavy atom. The van der Waals surface area contributed by atoms with Crippen molar-refractivity contribution in [2.45, 2.75) is 31.2 Å². The number of nitrogens with two attached hydrogens (primary N) is 1. The van der Waals surface area contributed by atoms with E-state index in [2.05, 4.69) is 9.84 Å². The van der Waals surface area contributed by atoms with Gasteiger partial charge in [0, 0.05) is 25.0 Å². The molecule has 0 aromatic carbocycles. The second kappa shape index (κ2) is 6.85. The SMILES string of the molecule is Cn1nccc1CCC(N)COCC(F)(F)C(F)F. The average Bonchev–Trinajstić information content (AvgIpc) is 2.72. The predicted molar refractivity (Wildman–Crippen MR) is 61.3 cm³/mol. The van der Waals surface area contributed by atoms with Crippen LogP contribution >= 0.6 is 0 Å². The molecule has 4 nitrogen and oxygen atoms in total. The highest BCUT2D eigenvalue weighted by atomic mass is 19.3. The summed E-state index contributed by atoms with van der Waals surface area (Å²) in [5.41, 5.74) is 6.61. The Hall–Kier alpha value is -1.15. The molecule has 1 heterocycles. The number of hydrogen-bond acceptors (Lipinski definition) is 3. The van der Waals surface area contributed by atoms with Gasteiger partial charge in [0.05, 0.1) is 6.61 Å². The summed E-state index contributed by atoms with van der Waals surface area (Å²) in [5, 5.41) is 3.97. The third kappa shape index (κ3) is 5.15. The number of alkyl halides is 4. The van der Waals surface area contributed by atoms with E-state index in [0.29, 0.717) is 12.8 Å². The molecule has 110 valence electrons. The number of aryl methyl sites for hydroxylation is 2. The molecule has 8 heteroatoms. The molecule has 1 unspecified atom stereocenters. The van der Waals surface area contributed by atoms with E-state index < -0.39 is 25.0 Å². The van der Waals surface area contributed by atoms with Crippen LogP contribution in [0.4, 0.5) is 17.6 Å². The minimum atomic E-state index is -4.12. The molecule has 0 aliphatic rings. The first-order valence-electron chi connectivity index (χ1n) is 5.79. The van der Waals surface area contributed by atoms with Gasteiger partial charge in [0.2, 0.25) is 0 Å². The van der Waals surface area contributed by atoms with Gasteiger partial charge in [-0.25, -0.2) is 8.78 Å². The lowest BCUT2D eigenvalue weighted by molar-refractivity contribution is -0.166. The minimum absolute atomic E-state index is 0.180. The van der Waals surface area contributed by atoms with Crippen LogP contribution in [0.25, 0.3) is 0 Å². The van der Waals surface area contributed by atoms with E-state index in [4.69, 9.17) is 5.73 Å². The Bertz CT molecular complexity index is 384. The Morgan fingerprint density at radius 3 is 2.68 bits per heavy atom. The van der Waals surface area contributed by atoms with Crippen LogP contribution in [-0.4, -0.2) is 41.4 Å². The summed E-state index contributed by atoms with van der Waals surface area (Å²) in [6, 6.07) is 1.33. The predicted octanol–water partition coefficient (Wildman–Crippen LogP) is 1.60. The van der Waals surface area contributed by atoms with Crippen LogP contribution in [0.15, 0.2) is 12.3 Å². The van der Waals surface area contributed by atoms with Crippen molar-refractivity contribution in [1.29, 1.82) is 0 Å². The molecular formula is C11H17F4N3O. The van der Waals surface area contributed by atoms with Crippen LogP contribution < -0.4 is 5.73 Å². The Kier molecular flexibility index (Phi) is 5.74. The van der Waals surface area contributed by atoms with Crippen molar-refractivity contribution in [1.82, 2.24) is 9.78 Å². The summed E-state index contributed by atoms with van der Waals surface area (Å²) in [4.78, 5) is 0. The highest BCUT2D eigenvalue weighted by Crippen LogP contribution is 2.22. The summed E-state index contributed by atoms with van der Waals surface area (Å²) in [7, 11) is 1.78. The number of nitrogens with zero attached hydrogens (tertiary/aromatic N) is 2. The van der Waals surface area contributed by atoms with Gasteiger partial charge in [-0.05, 0) is 18.9 Å². The van der Waals surface area contributed by atoms with Gasteiger partial charge in [-0.1, -0.05) is 0 Å². The van der Waals surface area contributed by atoms with Crippen LogP contribution in [-0.2, 0) is 18.2 Å². The molecule has 0 aliphatic carbocycles. The number of hydrogen-bond donors (Lipinski definition) is 1. The van der Waals surface area contributed by atoms with Crippen molar-refractivity contribution in [3.8, 4) is 0 Å². The molecule has 1 aromatic heterocycles. The molecule has 0 radical (unpaired) electrons. The molecule has 0 fully saturated rings. The van der Waals surface area contributed by atoms with Crippen molar-refractivity contribution < 1.29 is 22.3 Å². The molecule has 1 aromatic rings. The van der Waals surface area contributed by atoms with Crippen molar-refractivity contribution in [2.75, 3.05) is 13.2 Å². The van der Waals surface area contributed by atoms with Gasteiger partial charge in [-0.15, -0.1) is 0 Å². The van der Waals surface area contributed by atoms with E-state index in [1.807, 2.05) is 6.07 Å². The third-order valence-corrected chi connectivity index (χ3v) is 2.64. The molecule has 2 N–H and O–H groups in total. The second-order valence-electron chi connectivity index (χ2n) is 4.32. The maximum atomic E-state index is 12.5. The first-order chi connectivity index (χ1) is 8.83. The van der Waals surface area contributed by atoms with Crippen LogP contribution in [0.5, 0.6) is 0 Å². The lowest BCUT2D eigenvalue weighted by atomic mass is 10.1. The van der Waals surface area contributed by atoms with E-state index >= 15 is 0 Å². The van der Waals surface area contributed by atoms with Crippen LogP contribution in [0.3, 0.4) is 0 Å². The van der Waals surface area contributed by atoms with Gasteiger partial charge in [-0.3, -0.25) is 4.68 Å². The molecule has 0 spiro atoms. The first-order valence-corrected chi connectivity index (χ1v) is 5.79. The first kappa shape index (κ1) is 15.9. The smallest absolute Gasteiger partial charge is 0.330 e.